The van der Waals surface area contributed by atoms with Crippen LogP contribution in [0.25, 0.3) is 28.2 Å². The molecule has 0 unspecified atom stereocenters. The maximum Gasteiger partial charge on any atom is 0.419 e. The molecule has 4 N–H and O–H groups in total. The predicted molar refractivity (Wildman–Crippen MR) is 116 cm³/mol. The maximum absolute atomic E-state index is 12.9. The van der Waals surface area contributed by atoms with Crippen molar-refractivity contribution in [3.05, 3.63) is 66.6 Å². The fourth-order valence-electron chi connectivity index (χ4n) is 3.33. The van der Waals surface area contributed by atoms with Gasteiger partial charge in [-0.2, -0.15) is 26.3 Å². The molecule has 3 aromatic heterocycles. The minimum Gasteiger partial charge on any atom is -0.398 e. The number of carbonyl (C=O) groups excluding carboxylic acids is 1. The highest BCUT2D eigenvalue weighted by molar-refractivity contribution is 5.90. The fraction of sp³-hybridized carbons (Fsp3) is 0.136. The number of carbonyl (C=O) groups is 1. The Morgan fingerprint density at radius 1 is 0.971 bits per heavy atom. The van der Waals surface area contributed by atoms with Crippen molar-refractivity contribution in [2.75, 3.05) is 17.6 Å². The first-order valence-corrected chi connectivity index (χ1v) is 9.93. The van der Waals surface area contributed by atoms with E-state index in [4.69, 9.17) is 5.73 Å². The third-order valence-corrected chi connectivity index (χ3v) is 4.92. The van der Waals surface area contributed by atoms with Crippen molar-refractivity contribution in [2.45, 2.75) is 12.4 Å². The van der Waals surface area contributed by atoms with Crippen molar-refractivity contribution in [1.29, 1.82) is 0 Å². The Hall–Kier alpha value is -4.29. The number of benzene rings is 1. The summed E-state index contributed by atoms with van der Waals surface area (Å²) >= 11 is 0. The summed E-state index contributed by atoms with van der Waals surface area (Å²) in [6.07, 6.45) is -5.29. The van der Waals surface area contributed by atoms with Crippen molar-refractivity contribution in [1.82, 2.24) is 19.7 Å². The molecule has 0 aliphatic rings. The molecular formula is C22H16F6N6O. The van der Waals surface area contributed by atoms with Crippen LogP contribution in [0.1, 0.15) is 5.56 Å². The van der Waals surface area contributed by atoms with Crippen LogP contribution in [0.4, 0.5) is 42.5 Å². The highest BCUT2D eigenvalue weighted by atomic mass is 19.4. The van der Waals surface area contributed by atoms with Gasteiger partial charge < -0.3 is 16.4 Å². The van der Waals surface area contributed by atoms with Gasteiger partial charge in [-0.15, -0.1) is 0 Å². The van der Waals surface area contributed by atoms with Crippen LogP contribution in [-0.2, 0) is 6.18 Å². The third-order valence-electron chi connectivity index (χ3n) is 4.92. The van der Waals surface area contributed by atoms with Gasteiger partial charge in [0.25, 0.3) is 0 Å². The molecule has 0 aliphatic heterocycles. The highest BCUT2D eigenvalue weighted by Gasteiger charge is 2.33. The average molecular weight is 494 g/mol. The van der Waals surface area contributed by atoms with E-state index in [-0.39, 0.29) is 11.4 Å². The first-order chi connectivity index (χ1) is 16.4. The van der Waals surface area contributed by atoms with Crippen LogP contribution in [0.3, 0.4) is 0 Å². The molecule has 0 fully saturated rings. The second-order valence-corrected chi connectivity index (χ2v) is 7.45. The van der Waals surface area contributed by atoms with Gasteiger partial charge in [-0.1, -0.05) is 12.1 Å². The molecule has 3 heterocycles. The Balaban J connectivity index is 1.58. The molecule has 4 aromatic rings. The summed E-state index contributed by atoms with van der Waals surface area (Å²) in [4.78, 5) is 19.9. The number of nitrogen functional groups attached to an aromatic ring is 1. The first kappa shape index (κ1) is 23.9. The number of imidazole rings is 1. The highest BCUT2D eigenvalue weighted by Crippen LogP contribution is 2.35. The second-order valence-electron chi connectivity index (χ2n) is 7.45. The van der Waals surface area contributed by atoms with Gasteiger partial charge in [0.1, 0.15) is 12.2 Å². The number of hydrogen-bond donors (Lipinski definition) is 3. The number of urea groups is 1. The van der Waals surface area contributed by atoms with Gasteiger partial charge in [0, 0.05) is 34.9 Å². The number of aromatic nitrogens is 3. The van der Waals surface area contributed by atoms with Gasteiger partial charge in [0.15, 0.2) is 0 Å². The Morgan fingerprint density at radius 3 is 2.43 bits per heavy atom. The van der Waals surface area contributed by atoms with Crippen molar-refractivity contribution in [3.8, 4) is 22.5 Å². The van der Waals surface area contributed by atoms with Crippen LogP contribution in [-0.4, -0.2) is 33.1 Å². The normalized spacial score (nSPS) is 12.1. The van der Waals surface area contributed by atoms with Crippen LogP contribution < -0.4 is 16.4 Å². The topological polar surface area (TPSA) is 97.3 Å². The zero-order chi connectivity index (χ0) is 25.4. The lowest BCUT2D eigenvalue weighted by molar-refractivity contribution is -0.137. The van der Waals surface area contributed by atoms with Crippen LogP contribution >= 0.6 is 0 Å². The molecule has 7 nitrogen and oxygen atoms in total. The van der Waals surface area contributed by atoms with Crippen LogP contribution in [0, 0.1) is 0 Å². The Labute approximate surface area is 193 Å². The monoisotopic (exact) mass is 494 g/mol. The van der Waals surface area contributed by atoms with Crippen LogP contribution in [0.5, 0.6) is 0 Å². The average Bonchev–Trinajstić information content (AvgIpc) is 3.20. The van der Waals surface area contributed by atoms with Gasteiger partial charge >= 0.3 is 18.4 Å². The van der Waals surface area contributed by atoms with E-state index in [0.29, 0.717) is 28.7 Å². The summed E-state index contributed by atoms with van der Waals surface area (Å²) < 4.78 is 77.3. The number of anilines is 2. The smallest absolute Gasteiger partial charge is 0.398 e. The molecule has 0 saturated heterocycles. The lowest BCUT2D eigenvalue weighted by atomic mass is 10.1. The SMILES string of the molecule is Nc1cc(-c2ccn3c(-c4cccc(NC(=O)NCC(F)(F)F)c4)cnc3c2)ncc1C(F)(F)F. The number of nitrogens with zero attached hydrogens (tertiary/aromatic N) is 3. The Morgan fingerprint density at radius 2 is 1.74 bits per heavy atom. The van der Waals surface area contributed by atoms with E-state index in [1.807, 2.05) is 0 Å². The van der Waals surface area contributed by atoms with E-state index in [1.165, 1.54) is 12.3 Å². The maximum atomic E-state index is 12.9. The summed E-state index contributed by atoms with van der Waals surface area (Å²) in [5.74, 6) is 0. The summed E-state index contributed by atoms with van der Waals surface area (Å²) in [6.45, 7) is -1.46. The minimum absolute atomic E-state index is 0.235. The van der Waals surface area contributed by atoms with Gasteiger partial charge in [0.2, 0.25) is 0 Å². The molecule has 0 bridgehead atoms. The number of halogens is 6. The summed E-state index contributed by atoms with van der Waals surface area (Å²) in [5, 5.41) is 4.06. The largest absolute Gasteiger partial charge is 0.419 e. The second kappa shape index (κ2) is 8.81. The molecule has 1 aromatic carbocycles. The number of hydrogen-bond acceptors (Lipinski definition) is 4. The molecule has 35 heavy (non-hydrogen) atoms. The molecule has 13 heteroatoms. The molecule has 4 rings (SSSR count). The minimum atomic E-state index is -4.61. The molecule has 0 atom stereocenters. The van der Waals surface area contributed by atoms with Crippen molar-refractivity contribution in [3.63, 3.8) is 0 Å². The van der Waals surface area contributed by atoms with E-state index < -0.39 is 36.2 Å². The Bertz CT molecular complexity index is 1400. The van der Waals surface area contributed by atoms with E-state index in [1.54, 1.807) is 46.2 Å². The number of amides is 2. The molecule has 0 saturated carbocycles. The van der Waals surface area contributed by atoms with E-state index >= 15 is 0 Å². The molecule has 0 aliphatic carbocycles. The molecular weight excluding hydrogens is 478 g/mol. The van der Waals surface area contributed by atoms with Crippen LogP contribution in [0.15, 0.2) is 61.1 Å². The lowest BCUT2D eigenvalue weighted by Gasteiger charge is -2.11. The molecule has 0 radical (unpaired) electrons. The summed E-state index contributed by atoms with van der Waals surface area (Å²) in [7, 11) is 0. The molecule has 0 spiro atoms. The standard InChI is InChI=1S/C22H16F6N6O/c23-21(24,25)11-32-20(35)33-14-3-1-2-13(6-14)18-10-31-19-7-12(4-5-34(18)19)17-8-16(29)15(9-30-17)22(26,27)28/h1-10H,11H2,(H2,29,30)(H2,32,33,35). The van der Waals surface area contributed by atoms with E-state index in [0.717, 1.165) is 6.07 Å². The van der Waals surface area contributed by atoms with Gasteiger partial charge in [-0.05, 0) is 30.3 Å². The number of fused-ring (bicyclic) bond motifs is 1. The zero-order valence-electron chi connectivity index (χ0n) is 17.6. The van der Waals surface area contributed by atoms with Gasteiger partial charge in [-0.3, -0.25) is 9.38 Å². The van der Waals surface area contributed by atoms with E-state index in [9.17, 15) is 31.1 Å². The predicted octanol–water partition coefficient (Wildman–Crippen LogP) is 5.35. The summed E-state index contributed by atoms with van der Waals surface area (Å²) in [6, 6.07) is 9.76. The van der Waals surface area contributed by atoms with Gasteiger partial charge in [-0.25, -0.2) is 9.78 Å². The number of pyridine rings is 2. The number of nitrogens with one attached hydrogen (secondary N) is 2. The van der Waals surface area contributed by atoms with E-state index in [2.05, 4.69) is 15.3 Å². The molecule has 2 amide bonds. The van der Waals surface area contributed by atoms with Crippen LogP contribution in [0.2, 0.25) is 0 Å². The van der Waals surface area contributed by atoms with Crippen molar-refractivity contribution < 1.29 is 31.1 Å². The van der Waals surface area contributed by atoms with Crippen molar-refractivity contribution >= 4 is 23.1 Å². The zero-order valence-corrected chi connectivity index (χ0v) is 17.6. The third kappa shape index (κ3) is 5.45. The number of rotatable bonds is 4. The van der Waals surface area contributed by atoms with Gasteiger partial charge in [0.05, 0.1) is 23.1 Å². The first-order valence-electron chi connectivity index (χ1n) is 9.93. The quantitative estimate of drug-likeness (QED) is 0.333. The number of nitrogens with two attached hydrogens (primary N) is 1. The fourth-order valence-corrected chi connectivity index (χ4v) is 3.33. The summed E-state index contributed by atoms with van der Waals surface area (Å²) in [5.41, 5.74) is 6.74. The van der Waals surface area contributed by atoms with Crippen molar-refractivity contribution in [2.24, 2.45) is 0 Å². The lowest BCUT2D eigenvalue weighted by Crippen LogP contribution is -2.36. The number of alkyl halides is 6. The molecule has 182 valence electrons. The Kier molecular flexibility index (Phi) is 6.01.